The third-order valence-corrected chi connectivity index (χ3v) is 3.95. The van der Waals surface area contributed by atoms with E-state index in [1.807, 2.05) is 4.90 Å². The summed E-state index contributed by atoms with van der Waals surface area (Å²) < 4.78 is 13.0. The number of likely N-dealkylation sites (tertiary alicyclic amines) is 1. The Bertz CT molecular complexity index is 437. The number of rotatable bonds is 1. The van der Waals surface area contributed by atoms with Gasteiger partial charge in [0, 0.05) is 13.1 Å². The zero-order valence-electron chi connectivity index (χ0n) is 9.60. The Labute approximate surface area is 99.6 Å². The number of pyridine rings is 1. The highest BCUT2D eigenvalue weighted by atomic mass is 19.1. The molecule has 2 fully saturated rings. The number of carbonyl (C=O) groups excluding carboxylic acids is 1. The predicted octanol–water partition coefficient (Wildman–Crippen LogP) is 2.09. The van der Waals surface area contributed by atoms with Crippen LogP contribution in [0.5, 0.6) is 0 Å². The summed E-state index contributed by atoms with van der Waals surface area (Å²) in [6.45, 7) is 1.64. The summed E-state index contributed by atoms with van der Waals surface area (Å²) in [5.74, 6) is 0.606. The first-order chi connectivity index (χ1) is 8.24. The standard InChI is InChI=1S/C13H15FN2O/c14-12-6-2-5-11(15-12)13(17)16-7-9-3-1-4-10(9)8-16/h2,5-6,9-10H,1,3-4,7-8H2. The first kappa shape index (κ1) is 10.7. The van der Waals surface area contributed by atoms with Crippen molar-refractivity contribution in [2.45, 2.75) is 19.3 Å². The van der Waals surface area contributed by atoms with E-state index in [0.29, 0.717) is 11.8 Å². The van der Waals surface area contributed by atoms with E-state index in [2.05, 4.69) is 4.98 Å². The van der Waals surface area contributed by atoms with Gasteiger partial charge < -0.3 is 4.90 Å². The summed E-state index contributed by atoms with van der Waals surface area (Å²) in [6, 6.07) is 4.38. The summed E-state index contributed by atoms with van der Waals surface area (Å²) >= 11 is 0. The molecule has 0 aromatic carbocycles. The molecule has 4 heteroatoms. The van der Waals surface area contributed by atoms with Gasteiger partial charge in [-0.3, -0.25) is 4.79 Å². The second-order valence-corrected chi connectivity index (χ2v) is 5.01. The number of hydrogen-bond donors (Lipinski definition) is 0. The molecule has 1 saturated carbocycles. The SMILES string of the molecule is O=C(c1cccc(F)n1)N1CC2CCCC2C1. The van der Waals surface area contributed by atoms with E-state index in [4.69, 9.17) is 0 Å². The predicted molar refractivity (Wildman–Crippen MR) is 60.9 cm³/mol. The van der Waals surface area contributed by atoms with Gasteiger partial charge in [0.05, 0.1) is 0 Å². The van der Waals surface area contributed by atoms with Crippen molar-refractivity contribution in [3.05, 3.63) is 29.8 Å². The van der Waals surface area contributed by atoms with E-state index < -0.39 is 5.95 Å². The van der Waals surface area contributed by atoms with Gasteiger partial charge in [0.2, 0.25) is 5.95 Å². The minimum Gasteiger partial charge on any atom is -0.337 e. The van der Waals surface area contributed by atoms with E-state index in [1.165, 1.54) is 31.4 Å². The summed E-state index contributed by atoms with van der Waals surface area (Å²) in [6.07, 6.45) is 3.74. The Morgan fingerprint density at radius 3 is 2.65 bits per heavy atom. The molecule has 0 radical (unpaired) electrons. The third kappa shape index (κ3) is 1.92. The highest BCUT2D eigenvalue weighted by Gasteiger charge is 2.38. The maximum atomic E-state index is 13.0. The molecule has 2 heterocycles. The number of aromatic nitrogens is 1. The van der Waals surface area contributed by atoms with Gasteiger partial charge in [-0.05, 0) is 36.8 Å². The lowest BCUT2D eigenvalue weighted by Gasteiger charge is -2.16. The van der Waals surface area contributed by atoms with Crippen LogP contribution in [-0.4, -0.2) is 28.9 Å². The van der Waals surface area contributed by atoms with Crippen LogP contribution in [0.3, 0.4) is 0 Å². The van der Waals surface area contributed by atoms with Crippen LogP contribution in [0.1, 0.15) is 29.8 Å². The fraction of sp³-hybridized carbons (Fsp3) is 0.538. The molecule has 17 heavy (non-hydrogen) atoms. The van der Waals surface area contributed by atoms with Crippen LogP contribution in [0.2, 0.25) is 0 Å². The Hall–Kier alpha value is -1.45. The van der Waals surface area contributed by atoms with Crippen LogP contribution in [0.4, 0.5) is 4.39 Å². The van der Waals surface area contributed by atoms with Gasteiger partial charge in [0.25, 0.3) is 5.91 Å². The van der Waals surface area contributed by atoms with Crippen LogP contribution in [0.25, 0.3) is 0 Å². The Kier molecular flexibility index (Phi) is 2.57. The number of halogens is 1. The normalized spacial score (nSPS) is 27.2. The zero-order valence-corrected chi connectivity index (χ0v) is 9.60. The van der Waals surface area contributed by atoms with Crippen molar-refractivity contribution in [1.29, 1.82) is 0 Å². The minimum atomic E-state index is -0.588. The molecular formula is C13H15FN2O. The van der Waals surface area contributed by atoms with E-state index in [1.54, 1.807) is 6.07 Å². The van der Waals surface area contributed by atoms with E-state index >= 15 is 0 Å². The molecule has 90 valence electrons. The molecule has 0 N–H and O–H groups in total. The largest absolute Gasteiger partial charge is 0.337 e. The van der Waals surface area contributed by atoms with Gasteiger partial charge >= 0.3 is 0 Å². The van der Waals surface area contributed by atoms with Crippen LogP contribution >= 0.6 is 0 Å². The lowest BCUT2D eigenvalue weighted by atomic mass is 10.0. The number of hydrogen-bond acceptors (Lipinski definition) is 2. The molecule has 1 amide bonds. The summed E-state index contributed by atoms with van der Waals surface area (Å²) in [5.41, 5.74) is 0.227. The van der Waals surface area contributed by atoms with Crippen molar-refractivity contribution in [3.63, 3.8) is 0 Å². The van der Waals surface area contributed by atoms with Crippen LogP contribution < -0.4 is 0 Å². The third-order valence-electron chi connectivity index (χ3n) is 3.95. The molecule has 1 saturated heterocycles. The van der Waals surface area contributed by atoms with Crippen LogP contribution in [0.15, 0.2) is 18.2 Å². The molecule has 1 aromatic heterocycles. The number of amides is 1. The van der Waals surface area contributed by atoms with Gasteiger partial charge in [0.1, 0.15) is 5.69 Å². The smallest absolute Gasteiger partial charge is 0.272 e. The van der Waals surface area contributed by atoms with Gasteiger partial charge in [-0.1, -0.05) is 12.5 Å². The molecule has 3 rings (SSSR count). The fourth-order valence-electron chi connectivity index (χ4n) is 3.09. The lowest BCUT2D eigenvalue weighted by molar-refractivity contribution is 0.0773. The van der Waals surface area contributed by atoms with Crippen LogP contribution in [0, 0.1) is 17.8 Å². The number of carbonyl (C=O) groups is 1. The second kappa shape index (κ2) is 4.09. The lowest BCUT2D eigenvalue weighted by Crippen LogP contribution is -2.30. The number of fused-ring (bicyclic) bond motifs is 1. The quantitative estimate of drug-likeness (QED) is 0.697. The Balaban J connectivity index is 1.75. The minimum absolute atomic E-state index is 0.126. The van der Waals surface area contributed by atoms with Crippen LogP contribution in [-0.2, 0) is 0 Å². The maximum Gasteiger partial charge on any atom is 0.272 e. The summed E-state index contributed by atoms with van der Waals surface area (Å²) in [5, 5.41) is 0. The first-order valence-corrected chi connectivity index (χ1v) is 6.16. The Morgan fingerprint density at radius 2 is 2.00 bits per heavy atom. The average Bonchev–Trinajstić information content (AvgIpc) is 2.88. The van der Waals surface area contributed by atoms with Crippen molar-refractivity contribution >= 4 is 5.91 Å². The molecule has 3 nitrogen and oxygen atoms in total. The van der Waals surface area contributed by atoms with Crippen molar-refractivity contribution in [1.82, 2.24) is 9.88 Å². The molecule has 0 bridgehead atoms. The monoisotopic (exact) mass is 234 g/mol. The topological polar surface area (TPSA) is 33.2 Å². The zero-order chi connectivity index (χ0) is 11.8. The molecule has 1 aromatic rings. The van der Waals surface area contributed by atoms with Gasteiger partial charge in [-0.25, -0.2) is 4.98 Å². The molecule has 0 spiro atoms. The second-order valence-electron chi connectivity index (χ2n) is 5.01. The Morgan fingerprint density at radius 1 is 1.29 bits per heavy atom. The maximum absolute atomic E-state index is 13.0. The van der Waals surface area contributed by atoms with Gasteiger partial charge in [-0.15, -0.1) is 0 Å². The fourth-order valence-corrected chi connectivity index (χ4v) is 3.09. The van der Waals surface area contributed by atoms with E-state index in [-0.39, 0.29) is 11.6 Å². The number of nitrogens with zero attached hydrogens (tertiary/aromatic N) is 2. The molecule has 1 aliphatic heterocycles. The molecule has 1 aliphatic carbocycles. The van der Waals surface area contributed by atoms with Crippen molar-refractivity contribution in [3.8, 4) is 0 Å². The molecule has 2 atom stereocenters. The van der Waals surface area contributed by atoms with Crippen molar-refractivity contribution in [2.75, 3.05) is 13.1 Å². The average molecular weight is 234 g/mol. The van der Waals surface area contributed by atoms with E-state index in [9.17, 15) is 9.18 Å². The highest BCUT2D eigenvalue weighted by Crippen LogP contribution is 2.37. The van der Waals surface area contributed by atoms with E-state index in [0.717, 1.165) is 13.1 Å². The molecular weight excluding hydrogens is 219 g/mol. The molecule has 2 aliphatic rings. The summed E-state index contributed by atoms with van der Waals surface area (Å²) in [4.78, 5) is 17.6. The molecule has 2 unspecified atom stereocenters. The van der Waals surface area contributed by atoms with Crippen molar-refractivity contribution < 1.29 is 9.18 Å². The first-order valence-electron chi connectivity index (χ1n) is 6.16. The van der Waals surface area contributed by atoms with Crippen molar-refractivity contribution in [2.24, 2.45) is 11.8 Å². The highest BCUT2D eigenvalue weighted by molar-refractivity contribution is 5.92. The van der Waals surface area contributed by atoms with Gasteiger partial charge in [-0.2, -0.15) is 4.39 Å². The summed E-state index contributed by atoms with van der Waals surface area (Å²) in [7, 11) is 0. The van der Waals surface area contributed by atoms with Gasteiger partial charge in [0.15, 0.2) is 0 Å².